The van der Waals surface area contributed by atoms with E-state index in [4.69, 9.17) is 5.73 Å². The maximum Gasteiger partial charge on any atom is 0.131 e. The summed E-state index contributed by atoms with van der Waals surface area (Å²) >= 11 is 0. The Kier molecular flexibility index (Phi) is 4.07. The third-order valence-corrected chi connectivity index (χ3v) is 3.96. The van der Waals surface area contributed by atoms with Crippen molar-refractivity contribution in [3.63, 3.8) is 0 Å². The van der Waals surface area contributed by atoms with Gasteiger partial charge in [0.25, 0.3) is 0 Å². The van der Waals surface area contributed by atoms with Crippen LogP contribution in [0.2, 0.25) is 0 Å². The summed E-state index contributed by atoms with van der Waals surface area (Å²) in [6.07, 6.45) is 4.19. The van der Waals surface area contributed by atoms with Crippen LogP contribution in [0.3, 0.4) is 0 Å². The molecule has 1 aliphatic rings. The zero-order valence-electron chi connectivity index (χ0n) is 11.7. The monoisotopic (exact) mass is 248 g/mol. The molecule has 1 aliphatic heterocycles. The normalized spacial score (nSPS) is 17.9. The van der Waals surface area contributed by atoms with E-state index in [1.807, 2.05) is 6.07 Å². The molecule has 0 spiro atoms. The molecular weight excluding hydrogens is 224 g/mol. The number of nitrogens with two attached hydrogens (primary N) is 1. The number of anilines is 2. The van der Waals surface area contributed by atoms with Crippen molar-refractivity contribution < 1.29 is 0 Å². The summed E-state index contributed by atoms with van der Waals surface area (Å²) in [4.78, 5) is 9.31. The number of likely N-dealkylation sites (tertiary alicyclic amines) is 1. The fraction of sp³-hybridized carbons (Fsp3) is 0.643. The van der Waals surface area contributed by atoms with Crippen molar-refractivity contribution in [3.8, 4) is 0 Å². The quantitative estimate of drug-likeness (QED) is 0.887. The van der Waals surface area contributed by atoms with Crippen LogP contribution in [-0.4, -0.2) is 42.6 Å². The minimum Gasteiger partial charge on any atom is -0.397 e. The highest BCUT2D eigenvalue weighted by atomic mass is 15.2. The average Bonchev–Trinajstić information content (AvgIpc) is 2.38. The van der Waals surface area contributed by atoms with Gasteiger partial charge in [-0.1, -0.05) is 6.92 Å². The second kappa shape index (κ2) is 5.57. The van der Waals surface area contributed by atoms with E-state index in [1.54, 1.807) is 6.20 Å². The fourth-order valence-corrected chi connectivity index (χ4v) is 2.75. The van der Waals surface area contributed by atoms with Gasteiger partial charge in [0.05, 0.1) is 11.9 Å². The second-order valence-electron chi connectivity index (χ2n) is 5.19. The molecule has 0 unspecified atom stereocenters. The molecule has 1 saturated heterocycles. The number of hydrogen-bond acceptors (Lipinski definition) is 4. The lowest BCUT2D eigenvalue weighted by Crippen LogP contribution is -2.43. The summed E-state index contributed by atoms with van der Waals surface area (Å²) in [5, 5.41) is 0. The molecule has 2 rings (SSSR count). The van der Waals surface area contributed by atoms with Gasteiger partial charge in [0.1, 0.15) is 5.82 Å². The van der Waals surface area contributed by atoms with Crippen LogP contribution in [-0.2, 0) is 0 Å². The Morgan fingerprint density at radius 2 is 2.11 bits per heavy atom. The third kappa shape index (κ3) is 2.75. The standard InChI is InChI=1S/C14H24N4/c1-4-18-7-5-13(6-8-18)17(3)14-11(2)9-12(15)10-16-14/h9-10,13H,4-8,15H2,1-3H3. The summed E-state index contributed by atoms with van der Waals surface area (Å²) in [6.45, 7) is 7.86. The Balaban J connectivity index is 2.05. The first-order chi connectivity index (χ1) is 8.61. The van der Waals surface area contributed by atoms with Gasteiger partial charge in [-0.3, -0.25) is 0 Å². The van der Waals surface area contributed by atoms with Gasteiger partial charge >= 0.3 is 0 Å². The first-order valence-electron chi connectivity index (χ1n) is 6.79. The van der Waals surface area contributed by atoms with E-state index in [9.17, 15) is 0 Å². The van der Waals surface area contributed by atoms with Crippen LogP contribution in [0.5, 0.6) is 0 Å². The molecule has 1 aromatic rings. The van der Waals surface area contributed by atoms with Crippen molar-refractivity contribution in [2.24, 2.45) is 0 Å². The maximum absolute atomic E-state index is 5.75. The average molecular weight is 248 g/mol. The van der Waals surface area contributed by atoms with E-state index in [2.05, 4.69) is 35.7 Å². The molecule has 0 radical (unpaired) electrons. The zero-order valence-corrected chi connectivity index (χ0v) is 11.7. The highest BCUT2D eigenvalue weighted by molar-refractivity contribution is 5.52. The molecule has 0 atom stereocenters. The van der Waals surface area contributed by atoms with Crippen molar-refractivity contribution in [1.29, 1.82) is 0 Å². The van der Waals surface area contributed by atoms with E-state index in [0.717, 1.165) is 23.6 Å². The lowest BCUT2D eigenvalue weighted by Gasteiger charge is -2.37. The Morgan fingerprint density at radius 3 is 2.67 bits per heavy atom. The summed E-state index contributed by atoms with van der Waals surface area (Å²) in [6, 6.07) is 2.60. The highest BCUT2D eigenvalue weighted by Crippen LogP contribution is 2.24. The topological polar surface area (TPSA) is 45.4 Å². The lowest BCUT2D eigenvalue weighted by atomic mass is 10.0. The van der Waals surface area contributed by atoms with E-state index in [0.29, 0.717) is 6.04 Å². The van der Waals surface area contributed by atoms with Crippen LogP contribution in [0, 0.1) is 6.92 Å². The summed E-state index contributed by atoms with van der Waals surface area (Å²) < 4.78 is 0. The van der Waals surface area contributed by atoms with Gasteiger partial charge in [0.2, 0.25) is 0 Å². The van der Waals surface area contributed by atoms with E-state index >= 15 is 0 Å². The van der Waals surface area contributed by atoms with Gasteiger partial charge < -0.3 is 15.5 Å². The van der Waals surface area contributed by atoms with Gasteiger partial charge in [0, 0.05) is 26.2 Å². The summed E-state index contributed by atoms with van der Waals surface area (Å²) in [7, 11) is 2.15. The van der Waals surface area contributed by atoms with E-state index in [1.165, 1.54) is 25.9 Å². The summed E-state index contributed by atoms with van der Waals surface area (Å²) in [5.41, 5.74) is 7.66. The Labute approximate surface area is 110 Å². The molecule has 0 saturated carbocycles. The number of pyridine rings is 1. The molecule has 100 valence electrons. The van der Waals surface area contributed by atoms with Crippen LogP contribution in [0.15, 0.2) is 12.3 Å². The third-order valence-electron chi connectivity index (χ3n) is 3.96. The number of nitrogen functional groups attached to an aromatic ring is 1. The van der Waals surface area contributed by atoms with Crippen LogP contribution < -0.4 is 10.6 Å². The van der Waals surface area contributed by atoms with Crippen LogP contribution in [0.1, 0.15) is 25.3 Å². The van der Waals surface area contributed by atoms with Crippen LogP contribution >= 0.6 is 0 Å². The number of aromatic nitrogens is 1. The smallest absolute Gasteiger partial charge is 0.131 e. The molecule has 2 heterocycles. The summed E-state index contributed by atoms with van der Waals surface area (Å²) in [5.74, 6) is 1.07. The molecule has 4 nitrogen and oxygen atoms in total. The first-order valence-corrected chi connectivity index (χ1v) is 6.79. The van der Waals surface area contributed by atoms with Crippen molar-refractivity contribution in [2.45, 2.75) is 32.7 Å². The van der Waals surface area contributed by atoms with E-state index in [-0.39, 0.29) is 0 Å². The SMILES string of the molecule is CCN1CCC(N(C)c2ncc(N)cc2C)CC1. The number of nitrogens with zero attached hydrogens (tertiary/aromatic N) is 3. The molecule has 2 N–H and O–H groups in total. The van der Waals surface area contributed by atoms with Crippen molar-refractivity contribution in [1.82, 2.24) is 9.88 Å². The fourth-order valence-electron chi connectivity index (χ4n) is 2.75. The molecule has 1 fully saturated rings. The number of aryl methyl sites for hydroxylation is 1. The van der Waals surface area contributed by atoms with Crippen molar-refractivity contribution in [3.05, 3.63) is 17.8 Å². The van der Waals surface area contributed by atoms with Crippen molar-refractivity contribution >= 4 is 11.5 Å². The first kappa shape index (κ1) is 13.1. The Morgan fingerprint density at radius 1 is 1.44 bits per heavy atom. The number of rotatable bonds is 3. The van der Waals surface area contributed by atoms with Gasteiger partial charge in [-0.25, -0.2) is 4.98 Å². The van der Waals surface area contributed by atoms with Crippen LogP contribution in [0.4, 0.5) is 11.5 Å². The molecular formula is C14H24N4. The van der Waals surface area contributed by atoms with Gasteiger partial charge in [0.15, 0.2) is 0 Å². The molecule has 0 aliphatic carbocycles. The maximum atomic E-state index is 5.75. The molecule has 4 heteroatoms. The Hall–Kier alpha value is -1.29. The molecule has 18 heavy (non-hydrogen) atoms. The predicted octanol–water partition coefficient (Wildman–Crippen LogP) is 1.89. The molecule has 0 amide bonds. The van der Waals surface area contributed by atoms with Gasteiger partial charge in [-0.05, 0) is 37.9 Å². The van der Waals surface area contributed by atoms with Crippen molar-refractivity contribution in [2.75, 3.05) is 37.3 Å². The largest absolute Gasteiger partial charge is 0.397 e. The van der Waals surface area contributed by atoms with Gasteiger partial charge in [-0.15, -0.1) is 0 Å². The minimum absolute atomic E-state index is 0.600. The second-order valence-corrected chi connectivity index (χ2v) is 5.19. The molecule has 1 aromatic heterocycles. The van der Waals surface area contributed by atoms with E-state index < -0.39 is 0 Å². The minimum atomic E-state index is 0.600. The molecule has 0 aromatic carbocycles. The van der Waals surface area contributed by atoms with Crippen LogP contribution in [0.25, 0.3) is 0 Å². The predicted molar refractivity (Wildman–Crippen MR) is 76.9 cm³/mol. The molecule has 0 bridgehead atoms. The highest BCUT2D eigenvalue weighted by Gasteiger charge is 2.23. The number of piperidine rings is 1. The Bertz CT molecular complexity index is 397. The lowest BCUT2D eigenvalue weighted by molar-refractivity contribution is 0.220. The number of hydrogen-bond donors (Lipinski definition) is 1. The van der Waals surface area contributed by atoms with Gasteiger partial charge in [-0.2, -0.15) is 0 Å². The zero-order chi connectivity index (χ0) is 13.1.